The average molecular weight is 459 g/mol. The number of nitrogens with one attached hydrogen (secondary N) is 1. The van der Waals surface area contributed by atoms with Gasteiger partial charge in [-0.15, -0.1) is 11.6 Å². The third kappa shape index (κ3) is 4.71. The minimum atomic E-state index is -0.264. The molecular formula is C23H24Cl2N4O2. The number of aromatic nitrogens is 1. The van der Waals surface area contributed by atoms with Crippen LogP contribution in [0.3, 0.4) is 0 Å². The molecule has 1 aromatic heterocycles. The molecule has 8 heteroatoms. The van der Waals surface area contributed by atoms with Crippen molar-refractivity contribution in [3.05, 3.63) is 53.6 Å². The van der Waals surface area contributed by atoms with Crippen LogP contribution in [0.2, 0.25) is 5.02 Å². The summed E-state index contributed by atoms with van der Waals surface area (Å²) >= 11 is 12.2. The van der Waals surface area contributed by atoms with Gasteiger partial charge in [0.05, 0.1) is 5.02 Å². The molecule has 2 aromatic carbocycles. The first-order chi connectivity index (χ1) is 15.0. The van der Waals surface area contributed by atoms with E-state index >= 15 is 0 Å². The second-order valence-corrected chi connectivity index (χ2v) is 8.50. The van der Waals surface area contributed by atoms with E-state index in [1.54, 1.807) is 6.07 Å². The Balaban J connectivity index is 1.65. The monoisotopic (exact) mass is 458 g/mol. The van der Waals surface area contributed by atoms with Crippen molar-refractivity contribution >= 4 is 40.5 Å². The summed E-state index contributed by atoms with van der Waals surface area (Å²) in [7, 11) is 4.22. The van der Waals surface area contributed by atoms with Crippen molar-refractivity contribution in [3.8, 4) is 22.6 Å². The van der Waals surface area contributed by atoms with Gasteiger partial charge in [0.2, 0.25) is 5.91 Å². The van der Waals surface area contributed by atoms with Crippen LogP contribution in [0.5, 0.6) is 0 Å². The number of benzene rings is 2. The molecule has 0 bridgehead atoms. The topological polar surface area (TPSA) is 61.6 Å². The molecule has 31 heavy (non-hydrogen) atoms. The van der Waals surface area contributed by atoms with E-state index in [9.17, 15) is 4.79 Å². The fraction of sp³-hybridized carbons (Fsp3) is 0.304. The van der Waals surface area contributed by atoms with Gasteiger partial charge in [-0.3, -0.25) is 4.79 Å². The predicted molar refractivity (Wildman–Crippen MR) is 126 cm³/mol. The molecule has 1 N–H and O–H groups in total. The zero-order valence-electron chi connectivity index (χ0n) is 17.4. The number of nitrogens with zero attached hydrogens (tertiary/aromatic N) is 3. The van der Waals surface area contributed by atoms with Crippen molar-refractivity contribution in [1.29, 1.82) is 0 Å². The number of amides is 1. The SMILES string of the molecule is CN(C)C1CCN(c2cccc(Cl)c2-c2cc(-c3cccc(NC(=O)CCl)c3)on2)C1. The molecule has 1 amide bonds. The van der Waals surface area contributed by atoms with E-state index in [1.807, 2.05) is 36.4 Å². The Morgan fingerprint density at radius 3 is 2.81 bits per heavy atom. The molecule has 1 aliphatic heterocycles. The summed E-state index contributed by atoms with van der Waals surface area (Å²) in [6, 6.07) is 15.7. The van der Waals surface area contributed by atoms with E-state index in [0.717, 1.165) is 36.3 Å². The highest BCUT2D eigenvalue weighted by Crippen LogP contribution is 2.39. The van der Waals surface area contributed by atoms with Gasteiger partial charge in [0, 0.05) is 47.7 Å². The Labute approximate surface area is 191 Å². The smallest absolute Gasteiger partial charge is 0.239 e. The lowest BCUT2D eigenvalue weighted by Gasteiger charge is -2.24. The third-order valence-electron chi connectivity index (χ3n) is 5.54. The van der Waals surface area contributed by atoms with Crippen LogP contribution in [0.25, 0.3) is 22.6 Å². The minimum absolute atomic E-state index is 0.100. The summed E-state index contributed by atoms with van der Waals surface area (Å²) < 4.78 is 5.65. The lowest BCUT2D eigenvalue weighted by atomic mass is 10.1. The van der Waals surface area contributed by atoms with Crippen molar-refractivity contribution < 1.29 is 9.32 Å². The van der Waals surface area contributed by atoms with Gasteiger partial charge in [-0.25, -0.2) is 0 Å². The van der Waals surface area contributed by atoms with Crippen LogP contribution in [0, 0.1) is 0 Å². The highest BCUT2D eigenvalue weighted by atomic mass is 35.5. The number of hydrogen-bond donors (Lipinski definition) is 1. The number of anilines is 2. The van der Waals surface area contributed by atoms with Crippen LogP contribution in [0.15, 0.2) is 53.1 Å². The van der Waals surface area contributed by atoms with Crippen molar-refractivity contribution in [3.63, 3.8) is 0 Å². The summed E-state index contributed by atoms with van der Waals surface area (Å²) in [5.74, 6) is 0.229. The number of hydrogen-bond acceptors (Lipinski definition) is 5. The summed E-state index contributed by atoms with van der Waals surface area (Å²) in [5, 5.41) is 7.69. The molecular weight excluding hydrogens is 435 g/mol. The second-order valence-electron chi connectivity index (χ2n) is 7.83. The molecule has 6 nitrogen and oxygen atoms in total. The zero-order valence-corrected chi connectivity index (χ0v) is 19.0. The lowest BCUT2D eigenvalue weighted by Crippen LogP contribution is -2.31. The molecule has 4 rings (SSSR count). The van der Waals surface area contributed by atoms with E-state index in [1.165, 1.54) is 0 Å². The number of likely N-dealkylation sites (N-methyl/N-ethyl adjacent to an activating group) is 1. The van der Waals surface area contributed by atoms with E-state index in [2.05, 4.69) is 40.4 Å². The minimum Gasteiger partial charge on any atom is -0.369 e. The highest BCUT2D eigenvalue weighted by Gasteiger charge is 2.27. The third-order valence-corrected chi connectivity index (χ3v) is 6.10. The first-order valence-corrected chi connectivity index (χ1v) is 11.0. The van der Waals surface area contributed by atoms with Crippen molar-refractivity contribution in [2.75, 3.05) is 43.3 Å². The van der Waals surface area contributed by atoms with Crippen LogP contribution in [0.4, 0.5) is 11.4 Å². The Morgan fingerprint density at radius 2 is 2.06 bits per heavy atom. The Kier molecular flexibility index (Phi) is 6.51. The van der Waals surface area contributed by atoms with Crippen molar-refractivity contribution in [2.24, 2.45) is 0 Å². The van der Waals surface area contributed by atoms with Crippen LogP contribution in [0.1, 0.15) is 6.42 Å². The molecule has 162 valence electrons. The molecule has 3 aromatic rings. The van der Waals surface area contributed by atoms with Gasteiger partial charge in [-0.1, -0.05) is 35.0 Å². The number of alkyl halides is 1. The number of carbonyl (C=O) groups is 1. The molecule has 0 saturated carbocycles. The van der Waals surface area contributed by atoms with Crippen LogP contribution in [-0.2, 0) is 4.79 Å². The fourth-order valence-corrected chi connectivity index (χ4v) is 4.22. The Bertz CT molecular complexity index is 1080. The maximum Gasteiger partial charge on any atom is 0.239 e. The summed E-state index contributed by atoms with van der Waals surface area (Å²) in [4.78, 5) is 16.2. The first kappa shape index (κ1) is 21.7. The molecule has 1 aliphatic rings. The Hall–Kier alpha value is -2.54. The van der Waals surface area contributed by atoms with E-state index < -0.39 is 0 Å². The summed E-state index contributed by atoms with van der Waals surface area (Å²) in [5.41, 5.74) is 4.05. The fourth-order valence-electron chi connectivity index (χ4n) is 3.89. The maximum absolute atomic E-state index is 11.6. The largest absolute Gasteiger partial charge is 0.369 e. The zero-order chi connectivity index (χ0) is 22.0. The van der Waals surface area contributed by atoms with Gasteiger partial charge in [0.1, 0.15) is 11.6 Å². The van der Waals surface area contributed by atoms with E-state index in [0.29, 0.717) is 28.2 Å². The maximum atomic E-state index is 11.6. The summed E-state index contributed by atoms with van der Waals surface area (Å²) in [6.45, 7) is 1.90. The molecule has 1 saturated heterocycles. The van der Waals surface area contributed by atoms with Gasteiger partial charge < -0.3 is 19.6 Å². The average Bonchev–Trinajstić information content (AvgIpc) is 3.44. The van der Waals surface area contributed by atoms with E-state index in [4.69, 9.17) is 27.7 Å². The molecule has 1 atom stereocenters. The van der Waals surface area contributed by atoms with Crippen LogP contribution in [-0.4, -0.2) is 55.1 Å². The van der Waals surface area contributed by atoms with Crippen molar-refractivity contribution in [2.45, 2.75) is 12.5 Å². The lowest BCUT2D eigenvalue weighted by molar-refractivity contribution is -0.113. The molecule has 2 heterocycles. The summed E-state index contributed by atoms with van der Waals surface area (Å²) in [6.07, 6.45) is 1.10. The molecule has 0 spiro atoms. The normalized spacial score (nSPS) is 16.2. The number of carbonyl (C=O) groups excluding carboxylic acids is 1. The van der Waals surface area contributed by atoms with Gasteiger partial charge >= 0.3 is 0 Å². The predicted octanol–water partition coefficient (Wildman–Crippen LogP) is 4.98. The van der Waals surface area contributed by atoms with Crippen LogP contribution < -0.4 is 10.2 Å². The van der Waals surface area contributed by atoms with Gasteiger partial charge in [0.15, 0.2) is 5.76 Å². The van der Waals surface area contributed by atoms with Gasteiger partial charge in [-0.05, 0) is 44.8 Å². The Morgan fingerprint density at radius 1 is 1.26 bits per heavy atom. The standard InChI is InChI=1S/C23H24Cl2N4O2/c1-28(2)17-9-10-29(14-17)20-8-4-7-18(25)23(20)19-12-21(31-27-19)15-5-3-6-16(11-15)26-22(30)13-24/h3-8,11-12,17H,9-10,13-14H2,1-2H3,(H,26,30). The highest BCUT2D eigenvalue weighted by molar-refractivity contribution is 6.34. The second kappa shape index (κ2) is 9.30. The first-order valence-electron chi connectivity index (χ1n) is 10.1. The van der Waals surface area contributed by atoms with Crippen molar-refractivity contribution in [1.82, 2.24) is 10.1 Å². The number of halogens is 2. The van der Waals surface area contributed by atoms with Crippen LogP contribution >= 0.6 is 23.2 Å². The van der Waals surface area contributed by atoms with Gasteiger partial charge in [-0.2, -0.15) is 0 Å². The molecule has 1 unspecified atom stereocenters. The van der Waals surface area contributed by atoms with E-state index in [-0.39, 0.29) is 11.8 Å². The molecule has 0 aliphatic carbocycles. The molecule has 0 radical (unpaired) electrons. The molecule has 1 fully saturated rings. The number of rotatable bonds is 6. The quantitative estimate of drug-likeness (QED) is 0.527. The van der Waals surface area contributed by atoms with Gasteiger partial charge in [0.25, 0.3) is 0 Å².